The van der Waals surface area contributed by atoms with E-state index in [-0.39, 0.29) is 12.1 Å². The van der Waals surface area contributed by atoms with Crippen molar-refractivity contribution >= 4 is 5.97 Å². The van der Waals surface area contributed by atoms with Crippen LogP contribution in [0, 0.1) is 5.41 Å². The van der Waals surface area contributed by atoms with Crippen LogP contribution in [0.4, 0.5) is 0 Å². The average molecular weight is 200 g/mol. The molecule has 0 N–H and O–H groups in total. The Hall–Kier alpha value is -0.830. The van der Waals surface area contributed by atoms with E-state index in [0.717, 1.165) is 5.57 Å². The van der Waals surface area contributed by atoms with Crippen molar-refractivity contribution < 1.29 is 14.3 Å². The van der Waals surface area contributed by atoms with E-state index in [2.05, 4.69) is 0 Å². The van der Waals surface area contributed by atoms with Gasteiger partial charge in [-0.05, 0) is 27.7 Å². The van der Waals surface area contributed by atoms with Gasteiger partial charge < -0.3 is 9.47 Å². The Morgan fingerprint density at radius 2 is 1.79 bits per heavy atom. The SMILES string of the molecule is COC(=O)C(C)(C)C(C=C(C)C)OC. The highest BCUT2D eigenvalue weighted by Gasteiger charge is 2.36. The largest absolute Gasteiger partial charge is 0.469 e. The van der Waals surface area contributed by atoms with Gasteiger partial charge in [0.25, 0.3) is 0 Å². The Balaban J connectivity index is 4.83. The van der Waals surface area contributed by atoms with Crippen molar-refractivity contribution in [3.8, 4) is 0 Å². The molecule has 0 rings (SSSR count). The molecule has 0 fully saturated rings. The number of methoxy groups -OCH3 is 2. The monoisotopic (exact) mass is 200 g/mol. The number of esters is 1. The number of carbonyl (C=O) groups excluding carboxylic acids is 1. The van der Waals surface area contributed by atoms with E-state index >= 15 is 0 Å². The van der Waals surface area contributed by atoms with Crippen molar-refractivity contribution in [1.29, 1.82) is 0 Å². The first-order valence-electron chi connectivity index (χ1n) is 4.62. The van der Waals surface area contributed by atoms with Crippen molar-refractivity contribution in [2.75, 3.05) is 14.2 Å². The molecule has 0 spiro atoms. The van der Waals surface area contributed by atoms with Crippen LogP contribution in [0.25, 0.3) is 0 Å². The first-order valence-corrected chi connectivity index (χ1v) is 4.62. The molecule has 0 bridgehead atoms. The first-order chi connectivity index (χ1) is 6.36. The van der Waals surface area contributed by atoms with Crippen molar-refractivity contribution in [2.45, 2.75) is 33.8 Å². The van der Waals surface area contributed by atoms with Gasteiger partial charge in [-0.2, -0.15) is 0 Å². The van der Waals surface area contributed by atoms with Gasteiger partial charge in [0.05, 0.1) is 18.6 Å². The van der Waals surface area contributed by atoms with Gasteiger partial charge in [0.15, 0.2) is 0 Å². The summed E-state index contributed by atoms with van der Waals surface area (Å²) in [4.78, 5) is 11.5. The molecule has 0 aliphatic rings. The zero-order valence-corrected chi connectivity index (χ0v) is 9.88. The van der Waals surface area contributed by atoms with Crippen LogP contribution >= 0.6 is 0 Å². The molecule has 14 heavy (non-hydrogen) atoms. The molecular formula is C11H20O3. The van der Waals surface area contributed by atoms with Crippen molar-refractivity contribution in [1.82, 2.24) is 0 Å². The highest BCUT2D eigenvalue weighted by Crippen LogP contribution is 2.26. The molecule has 0 aromatic rings. The predicted molar refractivity (Wildman–Crippen MR) is 56.0 cm³/mol. The molecule has 1 atom stereocenters. The number of hydrogen-bond acceptors (Lipinski definition) is 3. The quantitative estimate of drug-likeness (QED) is 0.515. The van der Waals surface area contributed by atoms with Crippen LogP contribution in [0.15, 0.2) is 11.6 Å². The fourth-order valence-electron chi connectivity index (χ4n) is 1.25. The molecule has 1 unspecified atom stereocenters. The fourth-order valence-corrected chi connectivity index (χ4v) is 1.25. The standard InChI is InChI=1S/C11H20O3/c1-8(2)7-9(13-5)11(3,4)10(12)14-6/h7,9H,1-6H3. The van der Waals surface area contributed by atoms with Crippen molar-refractivity contribution in [3.63, 3.8) is 0 Å². The minimum atomic E-state index is -0.652. The van der Waals surface area contributed by atoms with Gasteiger partial charge in [-0.15, -0.1) is 0 Å². The summed E-state index contributed by atoms with van der Waals surface area (Å²) >= 11 is 0. The molecule has 0 aromatic carbocycles. The first kappa shape index (κ1) is 13.2. The van der Waals surface area contributed by atoms with Gasteiger partial charge in [0.1, 0.15) is 0 Å². The molecule has 3 heteroatoms. The average Bonchev–Trinajstić information content (AvgIpc) is 2.12. The van der Waals surface area contributed by atoms with Gasteiger partial charge in [-0.25, -0.2) is 0 Å². The zero-order valence-electron chi connectivity index (χ0n) is 9.88. The molecule has 0 aliphatic carbocycles. The van der Waals surface area contributed by atoms with E-state index in [0.29, 0.717) is 0 Å². The summed E-state index contributed by atoms with van der Waals surface area (Å²) in [5.74, 6) is -0.262. The van der Waals surface area contributed by atoms with Gasteiger partial charge in [0, 0.05) is 7.11 Å². The second-order valence-corrected chi connectivity index (χ2v) is 4.11. The van der Waals surface area contributed by atoms with Crippen LogP contribution in [0.2, 0.25) is 0 Å². The third-order valence-electron chi connectivity index (χ3n) is 2.16. The Morgan fingerprint density at radius 3 is 2.07 bits per heavy atom. The van der Waals surface area contributed by atoms with Crippen LogP contribution in [0.3, 0.4) is 0 Å². The molecule has 0 aliphatic heterocycles. The summed E-state index contributed by atoms with van der Waals surface area (Å²) in [7, 11) is 2.98. The van der Waals surface area contributed by atoms with Gasteiger partial charge in [-0.1, -0.05) is 11.6 Å². The lowest BCUT2D eigenvalue weighted by atomic mass is 9.85. The zero-order chi connectivity index (χ0) is 11.4. The smallest absolute Gasteiger partial charge is 0.314 e. The lowest BCUT2D eigenvalue weighted by Crippen LogP contribution is -2.38. The third-order valence-corrected chi connectivity index (χ3v) is 2.16. The molecule has 82 valence electrons. The van der Waals surface area contributed by atoms with E-state index in [9.17, 15) is 4.79 Å². The van der Waals surface area contributed by atoms with E-state index in [4.69, 9.17) is 9.47 Å². The highest BCUT2D eigenvalue weighted by atomic mass is 16.5. The minimum Gasteiger partial charge on any atom is -0.469 e. The van der Waals surface area contributed by atoms with Crippen molar-refractivity contribution in [3.05, 3.63) is 11.6 Å². The fraction of sp³-hybridized carbons (Fsp3) is 0.727. The molecule has 0 saturated heterocycles. The molecule has 0 radical (unpaired) electrons. The number of hydrogen-bond donors (Lipinski definition) is 0. The van der Waals surface area contributed by atoms with E-state index in [1.54, 1.807) is 7.11 Å². The maximum atomic E-state index is 11.5. The summed E-state index contributed by atoms with van der Waals surface area (Å²) in [6, 6.07) is 0. The Morgan fingerprint density at radius 1 is 1.29 bits per heavy atom. The van der Waals surface area contributed by atoms with Crippen LogP contribution < -0.4 is 0 Å². The van der Waals surface area contributed by atoms with E-state index < -0.39 is 5.41 Å². The third kappa shape index (κ3) is 3.14. The van der Waals surface area contributed by atoms with Crippen molar-refractivity contribution in [2.24, 2.45) is 5.41 Å². The van der Waals surface area contributed by atoms with Crippen LogP contribution in [0.1, 0.15) is 27.7 Å². The predicted octanol–water partition coefficient (Wildman–Crippen LogP) is 2.17. The second-order valence-electron chi connectivity index (χ2n) is 4.11. The number of carbonyl (C=O) groups is 1. The number of rotatable bonds is 4. The minimum absolute atomic E-state index is 0.250. The van der Waals surface area contributed by atoms with E-state index in [1.807, 2.05) is 33.8 Å². The number of allylic oxidation sites excluding steroid dienone is 1. The van der Waals surface area contributed by atoms with Gasteiger partial charge in [-0.3, -0.25) is 4.79 Å². The lowest BCUT2D eigenvalue weighted by Gasteiger charge is -2.28. The molecule has 0 heterocycles. The molecule has 0 amide bonds. The normalized spacial score (nSPS) is 13.3. The summed E-state index contributed by atoms with van der Waals surface area (Å²) in [5, 5.41) is 0. The summed E-state index contributed by atoms with van der Waals surface area (Å²) < 4.78 is 10.0. The molecular weight excluding hydrogens is 180 g/mol. The number of ether oxygens (including phenoxy) is 2. The van der Waals surface area contributed by atoms with E-state index in [1.165, 1.54) is 7.11 Å². The topological polar surface area (TPSA) is 35.5 Å². The summed E-state index contributed by atoms with van der Waals surface area (Å²) in [6.45, 7) is 7.57. The maximum absolute atomic E-state index is 11.5. The van der Waals surface area contributed by atoms with Crippen LogP contribution in [-0.2, 0) is 14.3 Å². The Labute approximate surface area is 86.1 Å². The van der Waals surface area contributed by atoms with Gasteiger partial charge >= 0.3 is 5.97 Å². The molecule has 0 aromatic heterocycles. The van der Waals surface area contributed by atoms with Gasteiger partial charge in [0.2, 0.25) is 0 Å². The lowest BCUT2D eigenvalue weighted by molar-refractivity contribution is -0.156. The molecule has 0 saturated carbocycles. The second kappa shape index (κ2) is 5.15. The Bertz CT molecular complexity index is 225. The van der Waals surface area contributed by atoms with Crippen LogP contribution in [-0.4, -0.2) is 26.3 Å². The molecule has 3 nitrogen and oxygen atoms in total. The van der Waals surface area contributed by atoms with Crippen LogP contribution in [0.5, 0.6) is 0 Å². The summed E-state index contributed by atoms with van der Waals surface area (Å²) in [6.07, 6.45) is 1.68. The Kier molecular flexibility index (Phi) is 4.85. The highest BCUT2D eigenvalue weighted by molar-refractivity contribution is 5.77. The maximum Gasteiger partial charge on any atom is 0.314 e. The summed E-state index contributed by atoms with van der Waals surface area (Å²) in [5.41, 5.74) is 0.467.